The highest BCUT2D eigenvalue weighted by Gasteiger charge is 2.21. The Morgan fingerprint density at radius 2 is 0.765 bits per heavy atom. The van der Waals surface area contributed by atoms with Gasteiger partial charge in [-0.3, -0.25) is 9.13 Å². The number of hydrogen-bond acceptors (Lipinski definition) is 2. The second-order valence-corrected chi connectivity index (χ2v) is 12.2. The van der Waals surface area contributed by atoms with Gasteiger partial charge in [0, 0.05) is 43.9 Å². The van der Waals surface area contributed by atoms with Gasteiger partial charge in [0.05, 0.1) is 55.2 Å². The molecule has 0 N–H and O–H groups in total. The number of rotatable bonds is 4. The highest BCUT2D eigenvalue weighted by Crippen LogP contribution is 2.38. The molecule has 0 atom stereocenters. The lowest BCUT2D eigenvalue weighted by molar-refractivity contribution is 0.991. The zero-order valence-electron chi connectivity index (χ0n) is 38.6. The van der Waals surface area contributed by atoms with Crippen LogP contribution in [0.5, 0.6) is 0 Å². The number of para-hydroxylation sites is 7. The van der Waals surface area contributed by atoms with Crippen molar-refractivity contribution in [1.82, 2.24) is 23.7 Å². The molecule has 51 heavy (non-hydrogen) atoms. The summed E-state index contributed by atoms with van der Waals surface area (Å²) in [6, 6.07) is 25.7. The Kier molecular flexibility index (Phi) is 3.94. The molecule has 0 amide bonds. The molecule has 4 aromatic heterocycles. The minimum Gasteiger partial charge on any atom is -0.309 e. The van der Waals surface area contributed by atoms with Gasteiger partial charge in [-0.25, -0.2) is 9.97 Å². The van der Waals surface area contributed by atoms with Gasteiger partial charge in [0.15, 0.2) is 5.82 Å². The molecule has 0 unspecified atom stereocenters. The summed E-state index contributed by atoms with van der Waals surface area (Å²) in [5, 5.41) is 3.13. The number of benzene rings is 7. The predicted octanol–water partition coefficient (Wildman–Crippen LogP) is 11.4. The third-order valence-electron chi connectivity index (χ3n) is 9.46. The minimum atomic E-state index is -0.549. The van der Waals surface area contributed by atoms with E-state index in [-0.39, 0.29) is 80.7 Å². The van der Waals surface area contributed by atoms with Crippen molar-refractivity contribution in [3.8, 4) is 28.7 Å². The van der Waals surface area contributed by atoms with E-state index < -0.39 is 42.3 Å². The molecule has 5 heteroatoms. The molecule has 0 aliphatic carbocycles. The van der Waals surface area contributed by atoms with Crippen LogP contribution in [0.2, 0.25) is 0 Å². The van der Waals surface area contributed by atoms with E-state index >= 15 is 0 Å². The predicted molar refractivity (Wildman–Crippen MR) is 210 cm³/mol. The van der Waals surface area contributed by atoms with E-state index in [4.69, 9.17) is 20.9 Å². The molecule has 0 spiro atoms. The molecule has 0 radical (unpaired) electrons. The molecule has 7 aromatic carbocycles. The molecule has 4 heterocycles. The first-order chi connectivity index (χ1) is 30.3. The topological polar surface area (TPSA) is 40.6 Å². The summed E-state index contributed by atoms with van der Waals surface area (Å²) in [5.74, 6) is -0.0814. The maximum Gasteiger partial charge on any atom is 0.166 e. The Balaban J connectivity index is 1.37. The molecule has 11 aromatic rings. The summed E-state index contributed by atoms with van der Waals surface area (Å²) in [5.41, 5.74) is 2.37. The maximum absolute atomic E-state index is 9.57. The third kappa shape index (κ3) is 4.03. The van der Waals surface area contributed by atoms with Crippen molar-refractivity contribution in [2.45, 2.75) is 0 Å². The lowest BCUT2D eigenvalue weighted by Crippen LogP contribution is -2.07. The van der Waals surface area contributed by atoms with Crippen LogP contribution >= 0.6 is 0 Å². The van der Waals surface area contributed by atoms with Crippen LogP contribution in [-0.2, 0) is 0 Å². The fourth-order valence-corrected chi connectivity index (χ4v) is 7.38. The molecular weight excluding hydrogens is 623 g/mol. The van der Waals surface area contributed by atoms with Crippen LogP contribution in [0.15, 0.2) is 176 Å². The highest BCUT2D eigenvalue weighted by atomic mass is 15.1. The van der Waals surface area contributed by atoms with Gasteiger partial charge >= 0.3 is 0 Å². The molecule has 0 aliphatic heterocycles. The lowest BCUT2D eigenvalue weighted by atomic mass is 10.1. The Bertz CT molecular complexity index is 3640. The lowest BCUT2D eigenvalue weighted by Gasteiger charge is -2.16. The van der Waals surface area contributed by atoms with Gasteiger partial charge in [-0.1, -0.05) is 121 Å². The van der Waals surface area contributed by atoms with E-state index in [9.17, 15) is 5.48 Å². The average molecular weight is 664 g/mol. The Morgan fingerprint density at radius 3 is 1.27 bits per heavy atom. The van der Waals surface area contributed by atoms with Gasteiger partial charge in [0.25, 0.3) is 0 Å². The fraction of sp³-hybridized carbons (Fsp3) is 0. The Morgan fingerprint density at radius 1 is 0.373 bits per heavy atom. The Labute approximate surface area is 309 Å². The van der Waals surface area contributed by atoms with Crippen molar-refractivity contribution < 1.29 is 16.4 Å². The maximum atomic E-state index is 9.57. The normalized spacial score (nSPS) is 15.2. The van der Waals surface area contributed by atoms with E-state index in [0.29, 0.717) is 32.8 Å². The van der Waals surface area contributed by atoms with Gasteiger partial charge in [-0.15, -0.1) is 0 Å². The standard InChI is InChI=1S/C46H29N5/c1-8-22-37-30(15-1)31-16-2-9-23-38(31)49(37)43-28-14-7-21-36(43)46-47-44(50-39-24-10-3-17-32(39)33-18-4-11-25-40(33)50)29-45(48-46)51-41-26-12-5-19-34(41)35-20-6-13-27-42(35)51/h1-29H/i3D,5D,7D,10D,12D,14D,17D,19D,21D,24D,26D,28D. The number of fused-ring (bicyclic) bond motifs is 9. The van der Waals surface area contributed by atoms with Crippen LogP contribution in [0.4, 0.5) is 0 Å². The SMILES string of the molecule is [2H]c1c([2H])c([2H])c(-n2c3ccccc3c3ccccc32)c(-c2nc(-n3c4ccccc4c4c([2H])c([2H])c([2H])c([2H])c43)cc(-n3c4ccccc4c4c([2H])c([2H])c([2H])c([2H])c43)n2)c1[2H]. The first kappa shape index (κ1) is 18.7. The summed E-state index contributed by atoms with van der Waals surface area (Å²) in [6.07, 6.45) is 0. The van der Waals surface area contributed by atoms with E-state index in [1.807, 2.05) is 48.5 Å². The van der Waals surface area contributed by atoms with Crippen molar-refractivity contribution in [3.63, 3.8) is 0 Å². The molecular formula is C46H29N5. The second-order valence-electron chi connectivity index (χ2n) is 12.2. The Hall–Kier alpha value is -6.98. The smallest absolute Gasteiger partial charge is 0.166 e. The summed E-state index contributed by atoms with van der Waals surface area (Å²) >= 11 is 0. The zero-order chi connectivity index (χ0) is 43.9. The van der Waals surface area contributed by atoms with Gasteiger partial charge in [-0.2, -0.15) is 0 Å². The zero-order valence-corrected chi connectivity index (χ0v) is 26.6. The first-order valence-corrected chi connectivity index (χ1v) is 16.3. The van der Waals surface area contributed by atoms with Crippen molar-refractivity contribution in [2.24, 2.45) is 0 Å². The molecule has 0 saturated heterocycles. The fourth-order valence-electron chi connectivity index (χ4n) is 7.38. The van der Waals surface area contributed by atoms with Crippen molar-refractivity contribution in [1.29, 1.82) is 0 Å². The van der Waals surface area contributed by atoms with Crippen LogP contribution in [-0.4, -0.2) is 23.7 Å². The van der Waals surface area contributed by atoms with Crippen LogP contribution in [0.1, 0.15) is 16.4 Å². The van der Waals surface area contributed by atoms with Crippen molar-refractivity contribution >= 4 is 65.4 Å². The molecule has 5 nitrogen and oxygen atoms in total. The second kappa shape index (κ2) is 10.8. The van der Waals surface area contributed by atoms with Crippen molar-refractivity contribution in [3.05, 3.63) is 176 Å². The molecule has 11 rings (SSSR count). The van der Waals surface area contributed by atoms with Crippen LogP contribution in [0.25, 0.3) is 94.1 Å². The van der Waals surface area contributed by atoms with Crippen LogP contribution in [0.3, 0.4) is 0 Å². The number of aromatic nitrogens is 5. The quantitative estimate of drug-likeness (QED) is 0.188. The first-order valence-electron chi connectivity index (χ1n) is 22.3. The van der Waals surface area contributed by atoms with Crippen LogP contribution < -0.4 is 0 Å². The summed E-state index contributed by atoms with van der Waals surface area (Å²) in [7, 11) is 0. The monoisotopic (exact) mass is 663 g/mol. The van der Waals surface area contributed by atoms with Crippen molar-refractivity contribution in [2.75, 3.05) is 0 Å². The summed E-state index contributed by atoms with van der Waals surface area (Å²) in [6.45, 7) is 0. The largest absolute Gasteiger partial charge is 0.309 e. The highest BCUT2D eigenvalue weighted by molar-refractivity contribution is 6.11. The van der Waals surface area contributed by atoms with Crippen LogP contribution in [0, 0.1) is 0 Å². The summed E-state index contributed by atoms with van der Waals surface area (Å²) in [4.78, 5) is 10.2. The molecule has 0 fully saturated rings. The molecule has 0 bridgehead atoms. The molecule has 238 valence electrons. The van der Waals surface area contributed by atoms with Gasteiger partial charge < -0.3 is 4.57 Å². The van der Waals surface area contributed by atoms with E-state index in [2.05, 4.69) is 0 Å². The molecule has 0 saturated carbocycles. The summed E-state index contributed by atoms with van der Waals surface area (Å²) < 4.78 is 113. The van der Waals surface area contributed by atoms with Gasteiger partial charge in [0.2, 0.25) is 0 Å². The van der Waals surface area contributed by atoms with E-state index in [1.165, 1.54) is 0 Å². The minimum absolute atomic E-state index is 0.0507. The molecule has 0 aliphatic rings. The van der Waals surface area contributed by atoms with Gasteiger partial charge in [-0.05, 0) is 48.4 Å². The van der Waals surface area contributed by atoms with E-state index in [1.54, 1.807) is 68.3 Å². The number of nitrogens with zero attached hydrogens (tertiary/aromatic N) is 5. The third-order valence-corrected chi connectivity index (χ3v) is 9.46. The van der Waals surface area contributed by atoms with E-state index in [0.717, 1.165) is 10.8 Å². The average Bonchev–Trinajstić information content (AvgIpc) is 3.96. The van der Waals surface area contributed by atoms with Gasteiger partial charge in [0.1, 0.15) is 11.6 Å². The number of hydrogen-bond donors (Lipinski definition) is 0.